The smallest absolute Gasteiger partial charge is 0.0901 e. The summed E-state index contributed by atoms with van der Waals surface area (Å²) < 4.78 is 0. The van der Waals surface area contributed by atoms with Gasteiger partial charge in [0, 0.05) is 6.42 Å². The van der Waals surface area contributed by atoms with E-state index in [0.29, 0.717) is 0 Å². The van der Waals surface area contributed by atoms with Gasteiger partial charge in [-0.25, -0.2) is 0 Å². The number of hydrogen-bond acceptors (Lipinski definition) is 0. The molecule has 1 aliphatic rings. The molecule has 1 unspecified atom stereocenters. The average Bonchev–Trinajstić information content (AvgIpc) is 2.07. The fourth-order valence-electron chi connectivity index (χ4n) is 1.59. The first-order valence-electron chi connectivity index (χ1n) is 4.94. The predicted molar refractivity (Wildman–Crippen MR) is 48.6 cm³/mol. The van der Waals surface area contributed by atoms with Gasteiger partial charge in [0.1, 0.15) is 0 Å². The van der Waals surface area contributed by atoms with E-state index in [4.69, 9.17) is 0 Å². The molecule has 64 valence electrons. The summed E-state index contributed by atoms with van der Waals surface area (Å²) in [5.41, 5.74) is 0. The minimum absolute atomic E-state index is 1.30. The van der Waals surface area contributed by atoms with Gasteiger partial charge in [-0.1, -0.05) is 13.3 Å². The molecule has 0 aromatic rings. The van der Waals surface area contributed by atoms with Crippen molar-refractivity contribution in [3.8, 4) is 0 Å². The van der Waals surface area contributed by atoms with Gasteiger partial charge >= 0.3 is 0 Å². The van der Waals surface area contributed by atoms with Crippen LogP contribution in [0.15, 0.2) is 12.3 Å². The van der Waals surface area contributed by atoms with Gasteiger partial charge in [0.25, 0.3) is 0 Å². The highest BCUT2D eigenvalue weighted by atomic mass is 15.1. The highest BCUT2D eigenvalue weighted by Gasteiger charge is 2.06. The lowest BCUT2D eigenvalue weighted by atomic mass is 10.2. The Bertz CT molecular complexity index is 118. The lowest BCUT2D eigenvalue weighted by molar-refractivity contribution is -0.849. The second-order valence-electron chi connectivity index (χ2n) is 3.41. The molecule has 0 aromatic heterocycles. The monoisotopic (exact) mass is 154 g/mol. The molecule has 0 aliphatic carbocycles. The fraction of sp³-hybridized carbons (Fsp3) is 0.800. The summed E-state index contributed by atoms with van der Waals surface area (Å²) in [5, 5.41) is 0. The van der Waals surface area contributed by atoms with Crippen molar-refractivity contribution >= 4 is 0 Å². The summed E-state index contributed by atoms with van der Waals surface area (Å²) in [7, 11) is 0. The predicted octanol–water partition coefficient (Wildman–Crippen LogP) is 1.37. The zero-order valence-electron chi connectivity index (χ0n) is 7.60. The van der Waals surface area contributed by atoms with Crippen LogP contribution in [0.25, 0.3) is 0 Å². The molecule has 1 heteroatoms. The molecule has 1 N–H and O–H groups in total. The molecule has 1 atom stereocenters. The molecule has 0 saturated heterocycles. The van der Waals surface area contributed by atoms with Crippen molar-refractivity contribution in [1.29, 1.82) is 0 Å². The quantitative estimate of drug-likeness (QED) is 0.583. The maximum Gasteiger partial charge on any atom is 0.0901 e. The molecule has 1 aliphatic heterocycles. The first-order chi connectivity index (χ1) is 5.43. The van der Waals surface area contributed by atoms with Crippen molar-refractivity contribution in [3.63, 3.8) is 0 Å². The number of quaternary nitrogens is 1. The largest absolute Gasteiger partial charge is 0.309 e. The average molecular weight is 154 g/mol. The van der Waals surface area contributed by atoms with Gasteiger partial charge in [0.2, 0.25) is 0 Å². The Morgan fingerprint density at radius 2 is 2.27 bits per heavy atom. The summed E-state index contributed by atoms with van der Waals surface area (Å²) in [6.07, 6.45) is 11.5. The van der Waals surface area contributed by atoms with Crippen LogP contribution >= 0.6 is 0 Å². The summed E-state index contributed by atoms with van der Waals surface area (Å²) in [5.74, 6) is 0. The van der Waals surface area contributed by atoms with Crippen LogP contribution < -0.4 is 4.90 Å². The Morgan fingerprint density at radius 1 is 1.36 bits per heavy atom. The third kappa shape index (κ3) is 3.57. The van der Waals surface area contributed by atoms with E-state index in [2.05, 4.69) is 19.2 Å². The zero-order chi connectivity index (χ0) is 7.94. The molecule has 0 amide bonds. The Morgan fingerprint density at radius 3 is 2.91 bits per heavy atom. The molecule has 1 nitrogen and oxygen atoms in total. The second-order valence-corrected chi connectivity index (χ2v) is 3.41. The first-order valence-corrected chi connectivity index (χ1v) is 4.94. The van der Waals surface area contributed by atoms with Crippen LogP contribution in [-0.2, 0) is 0 Å². The highest BCUT2D eigenvalue weighted by Crippen LogP contribution is 1.93. The van der Waals surface area contributed by atoms with Crippen LogP contribution in [0.1, 0.15) is 39.0 Å². The molecule has 0 radical (unpaired) electrons. The van der Waals surface area contributed by atoms with E-state index in [1.54, 1.807) is 4.90 Å². The molecular formula is C10H20N+. The second kappa shape index (κ2) is 5.36. The summed E-state index contributed by atoms with van der Waals surface area (Å²) in [4.78, 5) is 1.68. The van der Waals surface area contributed by atoms with Gasteiger partial charge in [-0.3, -0.25) is 0 Å². The Hall–Kier alpha value is -0.300. The normalized spacial score (nSPS) is 23.9. The Kier molecular flexibility index (Phi) is 4.29. The van der Waals surface area contributed by atoms with E-state index in [0.717, 1.165) is 0 Å². The van der Waals surface area contributed by atoms with Crippen molar-refractivity contribution in [3.05, 3.63) is 12.3 Å². The number of unbranched alkanes of at least 4 members (excludes halogenated alkanes) is 2. The van der Waals surface area contributed by atoms with E-state index in [9.17, 15) is 0 Å². The maximum absolute atomic E-state index is 2.35. The van der Waals surface area contributed by atoms with E-state index in [1.165, 1.54) is 45.2 Å². The van der Waals surface area contributed by atoms with Crippen LogP contribution in [0.3, 0.4) is 0 Å². The topological polar surface area (TPSA) is 4.44 Å². The third-order valence-corrected chi connectivity index (χ3v) is 2.32. The summed E-state index contributed by atoms with van der Waals surface area (Å²) in [6.45, 7) is 4.98. The van der Waals surface area contributed by atoms with Crippen molar-refractivity contribution in [1.82, 2.24) is 0 Å². The summed E-state index contributed by atoms with van der Waals surface area (Å²) >= 11 is 0. The van der Waals surface area contributed by atoms with Gasteiger partial charge in [-0.2, -0.15) is 0 Å². The molecule has 0 fully saturated rings. The van der Waals surface area contributed by atoms with Gasteiger partial charge in [0.05, 0.1) is 19.3 Å². The fourth-order valence-corrected chi connectivity index (χ4v) is 1.59. The van der Waals surface area contributed by atoms with Crippen molar-refractivity contribution < 1.29 is 4.90 Å². The van der Waals surface area contributed by atoms with Gasteiger partial charge in [-0.15, -0.1) is 0 Å². The minimum Gasteiger partial charge on any atom is -0.309 e. The number of rotatable bonds is 4. The number of hydrogen-bond donors (Lipinski definition) is 1. The Balaban J connectivity index is 2.05. The molecule has 1 rings (SSSR count). The third-order valence-electron chi connectivity index (χ3n) is 2.32. The van der Waals surface area contributed by atoms with Crippen molar-refractivity contribution in [2.24, 2.45) is 0 Å². The van der Waals surface area contributed by atoms with E-state index >= 15 is 0 Å². The molecule has 11 heavy (non-hydrogen) atoms. The molecule has 0 saturated carbocycles. The van der Waals surface area contributed by atoms with Crippen LogP contribution in [0.2, 0.25) is 0 Å². The zero-order valence-corrected chi connectivity index (χ0v) is 7.60. The van der Waals surface area contributed by atoms with E-state index in [-0.39, 0.29) is 0 Å². The Labute approximate surface area is 70.1 Å². The highest BCUT2D eigenvalue weighted by molar-refractivity contribution is 4.75. The summed E-state index contributed by atoms with van der Waals surface area (Å²) in [6, 6.07) is 0. The van der Waals surface area contributed by atoms with Crippen LogP contribution in [0.5, 0.6) is 0 Å². The van der Waals surface area contributed by atoms with Crippen LogP contribution in [0, 0.1) is 0 Å². The van der Waals surface area contributed by atoms with Crippen LogP contribution in [0.4, 0.5) is 0 Å². The first kappa shape index (κ1) is 8.79. The van der Waals surface area contributed by atoms with E-state index in [1.807, 2.05) is 0 Å². The van der Waals surface area contributed by atoms with Crippen LogP contribution in [-0.4, -0.2) is 13.1 Å². The number of allylic oxidation sites excluding steroid dienone is 1. The van der Waals surface area contributed by atoms with Crippen molar-refractivity contribution in [2.45, 2.75) is 39.0 Å². The molecule has 1 heterocycles. The van der Waals surface area contributed by atoms with E-state index < -0.39 is 0 Å². The molecule has 0 aromatic carbocycles. The van der Waals surface area contributed by atoms with Gasteiger partial charge < -0.3 is 4.90 Å². The molecular weight excluding hydrogens is 134 g/mol. The lowest BCUT2D eigenvalue weighted by Crippen LogP contribution is -3.08. The number of nitrogens with one attached hydrogen (secondary N) is 1. The van der Waals surface area contributed by atoms with Gasteiger partial charge in [-0.05, 0) is 25.3 Å². The standard InChI is InChI=1S/C10H19N/c1-2-3-5-8-11-9-6-4-7-10-11/h6,9H,2-5,7-8,10H2,1H3/p+1. The van der Waals surface area contributed by atoms with Gasteiger partial charge in [0.15, 0.2) is 0 Å². The minimum atomic E-state index is 1.30. The SMILES string of the molecule is CCCCC[NH+]1C=CCCC1. The molecule has 0 bridgehead atoms. The van der Waals surface area contributed by atoms with Crippen molar-refractivity contribution in [2.75, 3.05) is 13.1 Å². The maximum atomic E-state index is 2.35. The lowest BCUT2D eigenvalue weighted by Gasteiger charge is -2.17. The molecule has 0 spiro atoms.